The van der Waals surface area contributed by atoms with Gasteiger partial charge in [0.15, 0.2) is 0 Å². The third-order valence-electron chi connectivity index (χ3n) is 10.9. The van der Waals surface area contributed by atoms with E-state index in [9.17, 15) is 45.5 Å². The van der Waals surface area contributed by atoms with Crippen LogP contribution in [0.4, 0.5) is 35.9 Å². The number of rotatable bonds is 8. The van der Waals surface area contributed by atoms with Gasteiger partial charge in [-0.1, -0.05) is 63.4 Å². The number of nitrogens with zero attached hydrogens (tertiary/aromatic N) is 3. The Labute approximate surface area is 403 Å². The zero-order valence-electron chi connectivity index (χ0n) is 39.5. The van der Waals surface area contributed by atoms with Crippen LogP contribution in [0, 0.1) is 13.8 Å². The van der Waals surface area contributed by atoms with Gasteiger partial charge in [0.2, 0.25) is 11.8 Å². The number of carbonyl (C=O) groups excluding carboxylic acids is 4. The van der Waals surface area contributed by atoms with Crippen LogP contribution in [0.15, 0.2) is 84.9 Å². The van der Waals surface area contributed by atoms with Crippen molar-refractivity contribution in [2.75, 3.05) is 20.1 Å². The number of halogens is 6. The second kappa shape index (κ2) is 23.0. The maximum absolute atomic E-state index is 13.2. The zero-order chi connectivity index (χ0) is 49.6. The minimum atomic E-state index is -4.42. The number of hydrogen-bond acceptors (Lipinski definition) is 6. The molecule has 6 rings (SSSR count). The number of alkyl halides is 6. The van der Waals surface area contributed by atoms with Crippen LogP contribution in [-0.4, -0.2) is 82.1 Å². The molecule has 2 heterocycles. The molecular weight excluding hydrogens is 903 g/mol. The molecule has 0 radical (unpaired) electrons. The van der Waals surface area contributed by atoms with Crippen LogP contribution in [0.5, 0.6) is 0 Å². The van der Waals surface area contributed by atoms with Crippen molar-refractivity contribution in [3.63, 3.8) is 0 Å². The Bertz CT molecular complexity index is 2420. The number of likely N-dealkylation sites (tertiary alicyclic amines) is 2. The van der Waals surface area contributed by atoms with Crippen LogP contribution >= 0.6 is 0 Å². The van der Waals surface area contributed by atoms with Crippen LogP contribution in [0.2, 0.25) is 0 Å². The second-order valence-electron chi connectivity index (χ2n) is 19.1. The Kier molecular flexibility index (Phi) is 19.1. The molecule has 378 valence electrons. The second-order valence-corrected chi connectivity index (χ2v) is 19.1. The van der Waals surface area contributed by atoms with Crippen LogP contribution < -0.4 is 5.32 Å². The number of ether oxygens (including phenoxy) is 2. The third-order valence-corrected chi connectivity index (χ3v) is 10.9. The fourth-order valence-corrected chi connectivity index (χ4v) is 7.99. The average Bonchev–Trinajstić information content (AvgIpc) is 3.92. The number of aryl methyl sites for hydroxylation is 2. The highest BCUT2D eigenvalue weighted by atomic mass is 19.4. The monoisotopic (exact) mass is 971 g/mol. The SMILES string of the molecule is C.C.Cc1cc(-c2cccc(CN(C)C(=O)[C@@H]3CCCN3C(=O)OC(C)(C)C)c2)cc(C(F)(F)F)c1.Cc1cc(-c2cccc(CNC(=O)[C@@H]3CCCN3C(=O)OC(C)(C)C)c2)cc(C(F)(F)F)c1. The summed E-state index contributed by atoms with van der Waals surface area (Å²) in [6.45, 7) is 15.3. The van der Waals surface area contributed by atoms with Crippen LogP contribution in [0.1, 0.15) is 115 Å². The van der Waals surface area contributed by atoms with E-state index in [0.29, 0.717) is 72.2 Å². The minimum absolute atomic E-state index is 0. The number of nitrogens with one attached hydrogen (secondary N) is 1. The lowest BCUT2D eigenvalue weighted by Gasteiger charge is -2.30. The molecule has 2 saturated heterocycles. The number of benzene rings is 4. The van der Waals surface area contributed by atoms with Crippen molar-refractivity contribution >= 4 is 24.0 Å². The van der Waals surface area contributed by atoms with E-state index in [1.807, 2.05) is 6.07 Å². The molecule has 2 aliphatic rings. The summed E-state index contributed by atoms with van der Waals surface area (Å²) in [6.07, 6.45) is -7.32. The molecule has 0 aliphatic carbocycles. The van der Waals surface area contributed by atoms with Crippen LogP contribution in [-0.2, 0) is 44.5 Å². The fraction of sp³-hybridized carbons (Fsp3) is 0.472. The van der Waals surface area contributed by atoms with Gasteiger partial charge in [-0.3, -0.25) is 19.4 Å². The molecule has 2 atom stereocenters. The molecular formula is C53H68F6N4O6. The van der Waals surface area contributed by atoms with E-state index in [2.05, 4.69) is 5.32 Å². The first-order chi connectivity index (χ1) is 31.1. The van der Waals surface area contributed by atoms with E-state index < -0.39 is 59.0 Å². The van der Waals surface area contributed by atoms with E-state index in [1.165, 1.54) is 9.80 Å². The van der Waals surface area contributed by atoms with E-state index >= 15 is 0 Å². The standard InChI is InChI=1S/C26H31F3N2O3.C25H29F3N2O3.2CH4/c1-17-12-20(15-21(13-17)26(27,28)29)19-9-6-8-18(14-19)16-30(5)23(32)22-10-7-11-31(22)24(33)34-25(2,3)4;1-16-11-19(14-20(12-16)25(26,27)28)18-8-5-7-17(13-18)15-29-22(31)21-9-6-10-30(21)23(32)33-24(2,3)4;;/h6,8-9,12-15,22H,7,10-11,16H2,1-5H3;5,7-8,11-14,21H,6,9-10,15H2,1-4H3,(H,29,31);2*1H4/t22-;21-;;/m00../s1. The van der Waals surface area contributed by atoms with Gasteiger partial charge in [-0.15, -0.1) is 0 Å². The highest BCUT2D eigenvalue weighted by Crippen LogP contribution is 2.35. The maximum Gasteiger partial charge on any atom is 0.416 e. The molecule has 69 heavy (non-hydrogen) atoms. The minimum Gasteiger partial charge on any atom is -0.444 e. The Hall–Kier alpha value is -6.06. The van der Waals surface area contributed by atoms with Crippen molar-refractivity contribution in [1.82, 2.24) is 20.0 Å². The normalized spacial score (nSPS) is 16.0. The molecule has 1 N–H and O–H groups in total. The summed E-state index contributed by atoms with van der Waals surface area (Å²) in [7, 11) is 1.66. The van der Waals surface area contributed by atoms with Gasteiger partial charge < -0.3 is 19.7 Å². The Morgan fingerprint density at radius 2 is 1.03 bits per heavy atom. The largest absolute Gasteiger partial charge is 0.444 e. The van der Waals surface area contributed by atoms with Gasteiger partial charge in [-0.2, -0.15) is 26.3 Å². The smallest absolute Gasteiger partial charge is 0.416 e. The van der Waals surface area contributed by atoms with Crippen molar-refractivity contribution in [2.45, 2.75) is 145 Å². The van der Waals surface area contributed by atoms with E-state index in [0.717, 1.165) is 35.4 Å². The summed E-state index contributed by atoms with van der Waals surface area (Å²) >= 11 is 0. The predicted molar refractivity (Wildman–Crippen MR) is 257 cm³/mol. The highest BCUT2D eigenvalue weighted by molar-refractivity contribution is 5.87. The molecule has 4 amide bonds. The average molecular weight is 971 g/mol. The van der Waals surface area contributed by atoms with Crippen molar-refractivity contribution in [1.29, 1.82) is 0 Å². The van der Waals surface area contributed by atoms with Gasteiger partial charge in [-0.05, 0) is 162 Å². The van der Waals surface area contributed by atoms with E-state index in [-0.39, 0.29) is 39.8 Å². The quantitative estimate of drug-likeness (QED) is 0.176. The Balaban J connectivity index is 0.000000355. The first-order valence-electron chi connectivity index (χ1n) is 22.2. The summed E-state index contributed by atoms with van der Waals surface area (Å²) in [5.74, 6) is -0.470. The first kappa shape index (κ1) is 57.3. The summed E-state index contributed by atoms with van der Waals surface area (Å²) in [4.78, 5) is 55.3. The van der Waals surface area contributed by atoms with Crippen molar-refractivity contribution in [2.24, 2.45) is 0 Å². The molecule has 2 aliphatic heterocycles. The van der Waals surface area contributed by atoms with E-state index in [1.54, 1.807) is 122 Å². The molecule has 0 aromatic heterocycles. The van der Waals surface area contributed by atoms with Gasteiger partial charge in [0, 0.05) is 33.2 Å². The van der Waals surface area contributed by atoms with Gasteiger partial charge in [0.05, 0.1) is 11.1 Å². The number of likely N-dealkylation sites (N-methyl/N-ethyl adjacent to an activating group) is 1. The predicted octanol–water partition coefficient (Wildman–Crippen LogP) is 13.0. The topological polar surface area (TPSA) is 108 Å². The molecule has 0 unspecified atom stereocenters. The lowest BCUT2D eigenvalue weighted by molar-refractivity contribution is -0.138. The maximum atomic E-state index is 13.2. The van der Waals surface area contributed by atoms with Crippen LogP contribution in [0.3, 0.4) is 0 Å². The lowest BCUT2D eigenvalue weighted by Crippen LogP contribution is -2.47. The van der Waals surface area contributed by atoms with Crippen molar-refractivity contribution in [3.05, 3.63) is 118 Å². The Morgan fingerprint density at radius 3 is 1.48 bits per heavy atom. The summed E-state index contributed by atoms with van der Waals surface area (Å²) in [5, 5.41) is 2.85. The molecule has 4 aromatic carbocycles. The lowest BCUT2D eigenvalue weighted by atomic mass is 9.98. The van der Waals surface area contributed by atoms with Crippen molar-refractivity contribution in [3.8, 4) is 22.3 Å². The molecule has 10 nitrogen and oxygen atoms in total. The van der Waals surface area contributed by atoms with Crippen LogP contribution in [0.25, 0.3) is 22.3 Å². The van der Waals surface area contributed by atoms with Crippen molar-refractivity contribution < 1.29 is 55.0 Å². The van der Waals surface area contributed by atoms with Gasteiger partial charge in [0.25, 0.3) is 0 Å². The number of carbonyl (C=O) groups is 4. The first-order valence-corrected chi connectivity index (χ1v) is 22.2. The summed E-state index contributed by atoms with van der Waals surface area (Å²) < 4.78 is 90.2. The highest BCUT2D eigenvalue weighted by Gasteiger charge is 2.39. The molecule has 16 heteroatoms. The van der Waals surface area contributed by atoms with Gasteiger partial charge >= 0.3 is 24.5 Å². The molecule has 4 aromatic rings. The fourth-order valence-electron chi connectivity index (χ4n) is 7.99. The summed E-state index contributed by atoms with van der Waals surface area (Å²) in [5.41, 5.74) is 2.08. The van der Waals surface area contributed by atoms with E-state index in [4.69, 9.17) is 9.47 Å². The molecule has 2 fully saturated rings. The number of hydrogen-bond donors (Lipinski definition) is 1. The third kappa shape index (κ3) is 16.3. The Morgan fingerprint density at radius 1 is 0.609 bits per heavy atom. The van der Waals surface area contributed by atoms with Gasteiger partial charge in [-0.25, -0.2) is 9.59 Å². The van der Waals surface area contributed by atoms with Gasteiger partial charge in [0.1, 0.15) is 23.3 Å². The molecule has 0 bridgehead atoms. The molecule has 0 saturated carbocycles. The summed E-state index contributed by atoms with van der Waals surface area (Å²) in [6, 6.07) is 20.9. The molecule has 0 spiro atoms. The zero-order valence-corrected chi connectivity index (χ0v) is 39.5. The number of amides is 4.